The first kappa shape index (κ1) is 21.5. The van der Waals surface area contributed by atoms with Crippen molar-refractivity contribution < 1.29 is 52.3 Å². The molecule has 1 rings (SSSR count). The van der Waals surface area contributed by atoms with Crippen molar-refractivity contribution >= 4 is 13.6 Å². The summed E-state index contributed by atoms with van der Waals surface area (Å²) in [5.74, 6) is 0. The van der Waals surface area contributed by atoms with E-state index in [-0.39, 0.29) is 31.3 Å². The molecule has 0 fully saturated rings. The fourth-order valence-electron chi connectivity index (χ4n) is 0.866. The van der Waals surface area contributed by atoms with Crippen LogP contribution in [0, 0.1) is 6.92 Å². The van der Waals surface area contributed by atoms with Crippen LogP contribution in [0.3, 0.4) is 0 Å². The van der Waals surface area contributed by atoms with Crippen LogP contribution in [0.1, 0.15) is 12.0 Å². The molecule has 0 atom stereocenters. The van der Waals surface area contributed by atoms with Crippen molar-refractivity contribution in [2.75, 3.05) is 6.61 Å². The Kier molecular flexibility index (Phi) is 25.1. The van der Waals surface area contributed by atoms with Crippen LogP contribution >= 0.6 is 13.6 Å². The molecule has 0 bridgehead atoms. The SMILES string of the molecule is [CH2-]CCOCc1ccccc1.[Cl-].[Li+].[Zn+][Br]. The van der Waals surface area contributed by atoms with Crippen molar-refractivity contribution in [3.8, 4) is 0 Å². The third-order valence-corrected chi connectivity index (χ3v) is 1.40. The second kappa shape index (κ2) is 17.6. The van der Waals surface area contributed by atoms with E-state index < -0.39 is 0 Å². The van der Waals surface area contributed by atoms with Gasteiger partial charge in [-0.25, -0.2) is 0 Å². The van der Waals surface area contributed by atoms with E-state index in [0.717, 1.165) is 13.0 Å². The molecule has 0 spiro atoms. The van der Waals surface area contributed by atoms with Gasteiger partial charge >= 0.3 is 48.8 Å². The molecule has 1 aromatic rings. The minimum absolute atomic E-state index is 0. The van der Waals surface area contributed by atoms with Crippen LogP contribution in [-0.2, 0) is 27.7 Å². The molecule has 0 unspecified atom stereocenters. The predicted molar refractivity (Wildman–Crippen MR) is 55.0 cm³/mol. The molecule has 0 radical (unpaired) electrons. The van der Waals surface area contributed by atoms with Gasteiger partial charge in [-0.05, 0) is 5.56 Å². The van der Waals surface area contributed by atoms with Gasteiger partial charge in [0, 0.05) is 6.61 Å². The standard InChI is InChI=1S/C10H13O.BrH.ClH.Li.Zn/c1-2-8-11-9-10-6-4-3-5-7-10;;;;/h3-7H,1-2,8-9H2;2*1H;;/q-1;;;+1;+2/p-2. The maximum atomic E-state index is 5.31. The van der Waals surface area contributed by atoms with E-state index in [1.807, 2.05) is 18.2 Å². The Labute approximate surface area is 127 Å². The van der Waals surface area contributed by atoms with Crippen molar-refractivity contribution in [1.29, 1.82) is 0 Å². The van der Waals surface area contributed by atoms with Gasteiger partial charge in [0.25, 0.3) is 0 Å². The van der Waals surface area contributed by atoms with Gasteiger partial charge in [0.05, 0.1) is 6.61 Å². The molecular formula is C10H13BrClLiOZn. The van der Waals surface area contributed by atoms with Crippen molar-refractivity contribution in [2.24, 2.45) is 0 Å². The Bertz CT molecular complexity index is 202. The van der Waals surface area contributed by atoms with Crippen molar-refractivity contribution in [3.63, 3.8) is 0 Å². The summed E-state index contributed by atoms with van der Waals surface area (Å²) in [7, 11) is 0. The number of rotatable bonds is 4. The first-order chi connectivity index (χ1) is 6.43. The van der Waals surface area contributed by atoms with Crippen LogP contribution in [0.5, 0.6) is 0 Å². The van der Waals surface area contributed by atoms with E-state index in [0.29, 0.717) is 6.61 Å². The van der Waals surface area contributed by atoms with Crippen molar-refractivity contribution in [2.45, 2.75) is 13.0 Å². The fourth-order valence-corrected chi connectivity index (χ4v) is 0.866. The Hall–Kier alpha value is 1.17. The summed E-state index contributed by atoms with van der Waals surface area (Å²) in [5, 5.41) is 0. The number of hydrogen-bond acceptors (Lipinski definition) is 1. The molecule has 76 valence electrons. The molecule has 0 aliphatic carbocycles. The zero-order valence-corrected chi connectivity index (χ0v) is 14.4. The van der Waals surface area contributed by atoms with Crippen LogP contribution in [-0.4, -0.2) is 6.61 Å². The number of benzene rings is 1. The Morgan fingerprint density at radius 1 is 1.20 bits per heavy atom. The van der Waals surface area contributed by atoms with E-state index in [1.54, 1.807) is 0 Å². The minimum atomic E-state index is 0. The van der Waals surface area contributed by atoms with Crippen LogP contribution in [0.25, 0.3) is 0 Å². The van der Waals surface area contributed by atoms with Gasteiger partial charge in [-0.3, -0.25) is 0 Å². The van der Waals surface area contributed by atoms with E-state index >= 15 is 0 Å². The third-order valence-electron chi connectivity index (χ3n) is 1.40. The number of hydrogen-bond donors (Lipinski definition) is 0. The summed E-state index contributed by atoms with van der Waals surface area (Å²) in [5.41, 5.74) is 1.22. The molecule has 0 heterocycles. The summed E-state index contributed by atoms with van der Waals surface area (Å²) in [6.45, 7) is 5.14. The summed E-state index contributed by atoms with van der Waals surface area (Å²) >= 11 is 4.25. The number of halogens is 2. The fraction of sp³-hybridized carbons (Fsp3) is 0.300. The molecule has 0 saturated carbocycles. The van der Waals surface area contributed by atoms with Crippen molar-refractivity contribution in [3.05, 3.63) is 42.8 Å². The van der Waals surface area contributed by atoms with Gasteiger partial charge in [-0.15, -0.1) is 0 Å². The predicted octanol–water partition coefficient (Wildman–Crippen LogP) is -2.72. The van der Waals surface area contributed by atoms with Gasteiger partial charge < -0.3 is 24.1 Å². The first-order valence-corrected chi connectivity index (χ1v) is 11.1. The summed E-state index contributed by atoms with van der Waals surface area (Å²) in [4.78, 5) is 0. The Balaban J connectivity index is -0.000000339. The summed E-state index contributed by atoms with van der Waals surface area (Å²) < 4.78 is 5.31. The Morgan fingerprint density at radius 2 is 1.73 bits per heavy atom. The average molecular weight is 337 g/mol. The molecule has 0 aromatic heterocycles. The van der Waals surface area contributed by atoms with Gasteiger partial charge in [-0.1, -0.05) is 30.3 Å². The average Bonchev–Trinajstić information content (AvgIpc) is 2.23. The quantitative estimate of drug-likeness (QED) is 0.330. The molecule has 0 saturated heterocycles. The second-order valence-corrected chi connectivity index (χ2v) is 2.39. The third kappa shape index (κ3) is 13.1. The number of ether oxygens (including phenoxy) is 1. The molecule has 0 N–H and O–H groups in total. The topological polar surface area (TPSA) is 9.23 Å². The van der Waals surface area contributed by atoms with Gasteiger partial charge in [0.1, 0.15) is 0 Å². The van der Waals surface area contributed by atoms with Gasteiger partial charge in [0.15, 0.2) is 0 Å². The molecule has 15 heavy (non-hydrogen) atoms. The summed E-state index contributed by atoms with van der Waals surface area (Å²) in [6, 6.07) is 10.2. The molecule has 5 heteroatoms. The van der Waals surface area contributed by atoms with Crippen LogP contribution in [0.2, 0.25) is 0 Å². The molecule has 0 amide bonds. The van der Waals surface area contributed by atoms with E-state index in [2.05, 4.69) is 32.7 Å². The monoisotopic (exact) mass is 334 g/mol. The summed E-state index contributed by atoms with van der Waals surface area (Å²) in [6.07, 6.45) is 0.840. The van der Waals surface area contributed by atoms with Crippen LogP contribution in [0.4, 0.5) is 0 Å². The zero-order chi connectivity index (χ0) is 9.94. The maximum absolute atomic E-state index is 5.31. The van der Waals surface area contributed by atoms with Crippen LogP contribution in [0.15, 0.2) is 30.3 Å². The molecule has 0 aliphatic rings. The zero-order valence-electron chi connectivity index (χ0n) is 9.09. The van der Waals surface area contributed by atoms with E-state index in [4.69, 9.17) is 4.74 Å². The van der Waals surface area contributed by atoms with E-state index in [1.165, 1.54) is 21.9 Å². The van der Waals surface area contributed by atoms with Gasteiger partial charge in [-0.2, -0.15) is 6.42 Å². The molecule has 1 aromatic carbocycles. The Morgan fingerprint density at radius 3 is 2.20 bits per heavy atom. The normalized spacial score (nSPS) is 7.73. The molecular weight excluding hydrogens is 324 g/mol. The first-order valence-electron chi connectivity index (χ1n) is 4.11. The van der Waals surface area contributed by atoms with Crippen molar-refractivity contribution in [1.82, 2.24) is 0 Å². The van der Waals surface area contributed by atoms with Gasteiger partial charge in [0.2, 0.25) is 0 Å². The molecule has 1 nitrogen and oxygen atoms in total. The van der Waals surface area contributed by atoms with E-state index in [9.17, 15) is 0 Å². The second-order valence-electron chi connectivity index (χ2n) is 2.39. The van der Waals surface area contributed by atoms with Crippen LogP contribution < -0.4 is 31.3 Å². The molecule has 0 aliphatic heterocycles.